The van der Waals surface area contributed by atoms with Crippen LogP contribution in [0.15, 0.2) is 218 Å². The van der Waals surface area contributed by atoms with Crippen molar-refractivity contribution in [3.05, 3.63) is 218 Å². The molecule has 0 aliphatic rings. The van der Waals surface area contributed by atoms with Gasteiger partial charge in [-0.05, 0) is 60.7 Å². The summed E-state index contributed by atoms with van der Waals surface area (Å²) in [5.74, 6) is 0. The van der Waals surface area contributed by atoms with Crippen LogP contribution in [0.1, 0.15) is 0 Å². The van der Waals surface area contributed by atoms with E-state index in [1.807, 2.05) is 28.9 Å². The summed E-state index contributed by atoms with van der Waals surface area (Å²) in [5, 5.41) is 16.9. The van der Waals surface area contributed by atoms with E-state index in [4.69, 9.17) is 10.3 Å². The lowest BCUT2D eigenvalue weighted by Gasteiger charge is -2.17. The number of nitrogens with zero attached hydrogens (tertiary/aromatic N) is 6. The van der Waals surface area contributed by atoms with Crippen LogP contribution >= 0.6 is 0 Å². The largest absolute Gasteiger partial charge is 0.309 e. The molecule has 0 bridgehead atoms. The average Bonchev–Trinajstić information content (AvgIpc) is 4.11. The summed E-state index contributed by atoms with van der Waals surface area (Å²) in [6.07, 6.45) is 0. The molecule has 0 atom stereocenters. The minimum absolute atomic E-state index is 0.842. The number of rotatable bonds is 6. The first-order chi connectivity index (χ1) is 30.8. The van der Waals surface area contributed by atoms with Crippen molar-refractivity contribution in [2.75, 3.05) is 0 Å². The van der Waals surface area contributed by atoms with E-state index in [-0.39, 0.29) is 0 Å². The molecule has 4 aromatic heterocycles. The molecule has 6 nitrogen and oxygen atoms in total. The highest BCUT2D eigenvalue weighted by Crippen LogP contribution is 2.44. The minimum Gasteiger partial charge on any atom is -0.309 e. The molecule has 13 rings (SSSR count). The molecule has 0 saturated heterocycles. The maximum Gasteiger partial charge on any atom is 0.121 e. The third-order valence-corrected chi connectivity index (χ3v) is 12.5. The second-order valence-electron chi connectivity index (χ2n) is 15.9. The molecule has 0 unspecified atom stereocenters. The van der Waals surface area contributed by atoms with Crippen molar-refractivity contribution in [3.8, 4) is 45.3 Å². The zero-order valence-electron chi connectivity index (χ0n) is 33.5. The van der Waals surface area contributed by atoms with Gasteiger partial charge in [-0.2, -0.15) is 0 Å². The molecular weight excluding hydrogens is 757 g/mol. The monoisotopic (exact) mass is 792 g/mol. The van der Waals surface area contributed by atoms with Crippen LogP contribution in [0, 0.1) is 0 Å². The van der Waals surface area contributed by atoms with Crippen LogP contribution < -0.4 is 0 Å². The van der Waals surface area contributed by atoms with E-state index < -0.39 is 0 Å². The Morgan fingerprint density at radius 3 is 1.52 bits per heavy atom. The van der Waals surface area contributed by atoms with Crippen molar-refractivity contribution in [2.24, 2.45) is 0 Å². The SMILES string of the molecule is c1ccc(-c2nnn(-c3ccc4c5ccccc5n(-c5ccccc5-n5c6ccccc6c6c5ccc5c7ccccc7n(-c7ccccc7)c56)c4c3)c2-c2ccccc2)cc1. The number of hydrogen-bond donors (Lipinski definition) is 0. The zero-order chi connectivity index (χ0) is 40.7. The van der Waals surface area contributed by atoms with Gasteiger partial charge in [0.25, 0.3) is 0 Å². The Morgan fingerprint density at radius 2 is 0.823 bits per heavy atom. The Hall–Kier alpha value is -8.48. The van der Waals surface area contributed by atoms with E-state index >= 15 is 0 Å². The van der Waals surface area contributed by atoms with Gasteiger partial charge in [0, 0.05) is 49.1 Å². The van der Waals surface area contributed by atoms with Gasteiger partial charge < -0.3 is 13.7 Å². The second-order valence-corrected chi connectivity index (χ2v) is 15.9. The van der Waals surface area contributed by atoms with Gasteiger partial charge in [-0.3, -0.25) is 0 Å². The fourth-order valence-electron chi connectivity index (χ4n) is 9.91. The standard InChI is InChI=1S/C56H36N6/c1-4-18-37(19-5-1)54-55(38-20-6-2-7-21-38)62(58-57-54)40-32-33-43-41-24-10-14-28-47(41)61(52(43)36-40)50-31-17-16-30-49(50)60-48-29-15-12-26-45(48)53-51(60)35-34-44-42-25-11-13-27-46(42)59(56(44)53)39-22-8-3-9-23-39/h1-36H. The number of hydrogen-bond acceptors (Lipinski definition) is 2. The zero-order valence-corrected chi connectivity index (χ0v) is 33.5. The molecule has 0 N–H and O–H groups in total. The third kappa shape index (κ3) is 4.98. The Kier molecular flexibility index (Phi) is 7.50. The molecule has 0 spiro atoms. The van der Waals surface area contributed by atoms with Crippen molar-refractivity contribution in [3.63, 3.8) is 0 Å². The normalized spacial score (nSPS) is 11.9. The van der Waals surface area contributed by atoms with Crippen LogP contribution in [0.5, 0.6) is 0 Å². The molecule has 62 heavy (non-hydrogen) atoms. The predicted molar refractivity (Wildman–Crippen MR) is 255 cm³/mol. The average molecular weight is 793 g/mol. The molecule has 0 amide bonds. The first-order valence-electron chi connectivity index (χ1n) is 21.0. The quantitative estimate of drug-likeness (QED) is 0.168. The molecule has 4 heterocycles. The van der Waals surface area contributed by atoms with Crippen LogP contribution in [-0.2, 0) is 0 Å². The first-order valence-corrected chi connectivity index (χ1v) is 21.0. The van der Waals surface area contributed by atoms with E-state index in [0.29, 0.717) is 0 Å². The Morgan fingerprint density at radius 1 is 0.323 bits per heavy atom. The lowest BCUT2D eigenvalue weighted by atomic mass is 10.0. The van der Waals surface area contributed by atoms with Crippen molar-refractivity contribution in [2.45, 2.75) is 0 Å². The van der Waals surface area contributed by atoms with Gasteiger partial charge in [0.15, 0.2) is 0 Å². The molecule has 6 heteroatoms. The number of fused-ring (bicyclic) bond motifs is 10. The molecule has 0 fully saturated rings. The Balaban J connectivity index is 1.09. The van der Waals surface area contributed by atoms with Gasteiger partial charge in [-0.1, -0.05) is 163 Å². The highest BCUT2D eigenvalue weighted by Gasteiger charge is 2.24. The number of aromatic nitrogens is 6. The van der Waals surface area contributed by atoms with Gasteiger partial charge in [0.05, 0.1) is 50.2 Å². The van der Waals surface area contributed by atoms with Crippen molar-refractivity contribution in [1.29, 1.82) is 0 Å². The van der Waals surface area contributed by atoms with Crippen LogP contribution in [0.2, 0.25) is 0 Å². The highest BCUT2D eigenvalue weighted by atomic mass is 15.4. The van der Waals surface area contributed by atoms with E-state index in [2.05, 4.69) is 208 Å². The van der Waals surface area contributed by atoms with E-state index in [9.17, 15) is 0 Å². The molecule has 0 aliphatic carbocycles. The summed E-state index contributed by atoms with van der Waals surface area (Å²) in [6, 6.07) is 78.0. The number of para-hydroxylation sites is 6. The summed E-state index contributed by atoms with van der Waals surface area (Å²) in [7, 11) is 0. The molecule has 0 radical (unpaired) electrons. The molecular formula is C56H36N6. The Labute approximate surface area is 356 Å². The topological polar surface area (TPSA) is 45.5 Å². The maximum absolute atomic E-state index is 4.85. The van der Waals surface area contributed by atoms with Crippen LogP contribution in [0.25, 0.3) is 111 Å². The van der Waals surface area contributed by atoms with Gasteiger partial charge in [0.2, 0.25) is 0 Å². The predicted octanol–water partition coefficient (Wildman–Crippen LogP) is 13.9. The second kappa shape index (κ2) is 13.5. The summed E-state index contributed by atoms with van der Waals surface area (Å²) < 4.78 is 9.34. The van der Waals surface area contributed by atoms with Crippen LogP contribution in [0.4, 0.5) is 0 Å². The van der Waals surface area contributed by atoms with Crippen LogP contribution in [-0.4, -0.2) is 28.7 Å². The summed E-state index contributed by atoms with van der Waals surface area (Å²) in [6.45, 7) is 0. The first kappa shape index (κ1) is 34.4. The van der Waals surface area contributed by atoms with E-state index in [1.54, 1.807) is 0 Å². The fraction of sp³-hybridized carbons (Fsp3) is 0. The molecule has 0 saturated carbocycles. The summed E-state index contributed by atoms with van der Waals surface area (Å²) in [5.41, 5.74) is 15.0. The maximum atomic E-state index is 4.85. The molecule has 290 valence electrons. The summed E-state index contributed by atoms with van der Waals surface area (Å²) >= 11 is 0. The van der Waals surface area contributed by atoms with Gasteiger partial charge in [-0.15, -0.1) is 5.10 Å². The van der Waals surface area contributed by atoms with Crippen molar-refractivity contribution < 1.29 is 0 Å². The van der Waals surface area contributed by atoms with Crippen molar-refractivity contribution >= 4 is 65.4 Å². The summed E-state index contributed by atoms with van der Waals surface area (Å²) in [4.78, 5) is 0. The minimum atomic E-state index is 0.842. The third-order valence-electron chi connectivity index (χ3n) is 12.5. The lowest BCUT2D eigenvalue weighted by molar-refractivity contribution is 0.809. The van der Waals surface area contributed by atoms with E-state index in [0.717, 1.165) is 67.3 Å². The number of benzene rings is 9. The molecule has 9 aromatic carbocycles. The van der Waals surface area contributed by atoms with Gasteiger partial charge in [-0.25, -0.2) is 4.68 Å². The smallest absolute Gasteiger partial charge is 0.121 e. The molecule has 0 aliphatic heterocycles. The van der Waals surface area contributed by atoms with Crippen LogP contribution in [0.3, 0.4) is 0 Å². The van der Waals surface area contributed by atoms with Gasteiger partial charge >= 0.3 is 0 Å². The molecule has 13 aromatic rings. The van der Waals surface area contributed by atoms with Gasteiger partial charge in [0.1, 0.15) is 11.4 Å². The fourth-order valence-corrected chi connectivity index (χ4v) is 9.91. The highest BCUT2D eigenvalue weighted by molar-refractivity contribution is 6.26. The van der Waals surface area contributed by atoms with Crippen molar-refractivity contribution in [1.82, 2.24) is 28.7 Å². The van der Waals surface area contributed by atoms with E-state index in [1.165, 1.54) is 43.4 Å². The lowest BCUT2D eigenvalue weighted by Crippen LogP contribution is -2.04. The Bertz CT molecular complexity index is 3850.